The van der Waals surface area contributed by atoms with Gasteiger partial charge in [0.1, 0.15) is 11.6 Å². The molecule has 2 aliphatic heterocycles. The first-order chi connectivity index (χ1) is 15.5. The highest BCUT2D eigenvalue weighted by atomic mass is 19.1. The van der Waals surface area contributed by atoms with Crippen LogP contribution in [0, 0.1) is 5.82 Å². The first-order valence-corrected chi connectivity index (χ1v) is 11.2. The number of nitrogens with one attached hydrogen (secondary N) is 1. The summed E-state index contributed by atoms with van der Waals surface area (Å²) in [6.07, 6.45) is 4.15. The van der Waals surface area contributed by atoms with E-state index in [9.17, 15) is 14.0 Å². The maximum absolute atomic E-state index is 13.7. The Morgan fingerprint density at radius 3 is 2.62 bits per heavy atom. The molecule has 3 heterocycles. The van der Waals surface area contributed by atoms with Gasteiger partial charge >= 0.3 is 0 Å². The SMILES string of the molecule is Nc1nc(C2CCN(C(=O)CC3CCCO3)CC2)ccc1C(=O)NCc1ccccc1F. The van der Waals surface area contributed by atoms with Crippen molar-refractivity contribution in [3.8, 4) is 0 Å². The average molecular weight is 441 g/mol. The molecule has 0 spiro atoms. The molecule has 8 heteroatoms. The van der Waals surface area contributed by atoms with Gasteiger partial charge in [0.2, 0.25) is 5.91 Å². The van der Waals surface area contributed by atoms with Crippen LogP contribution in [0.4, 0.5) is 10.2 Å². The molecular weight excluding hydrogens is 411 g/mol. The number of rotatable bonds is 6. The number of likely N-dealkylation sites (tertiary alicyclic amines) is 1. The second kappa shape index (κ2) is 10.1. The van der Waals surface area contributed by atoms with E-state index in [0.717, 1.165) is 38.0 Å². The molecule has 1 aromatic heterocycles. The van der Waals surface area contributed by atoms with Crippen molar-refractivity contribution in [2.24, 2.45) is 0 Å². The minimum absolute atomic E-state index is 0.0683. The Morgan fingerprint density at radius 1 is 1.16 bits per heavy atom. The smallest absolute Gasteiger partial charge is 0.255 e. The van der Waals surface area contributed by atoms with E-state index in [1.54, 1.807) is 24.3 Å². The highest BCUT2D eigenvalue weighted by Gasteiger charge is 2.28. The van der Waals surface area contributed by atoms with Crippen LogP contribution in [0.25, 0.3) is 0 Å². The van der Waals surface area contributed by atoms with Crippen molar-refractivity contribution in [3.05, 3.63) is 59.0 Å². The number of carbonyl (C=O) groups is 2. The van der Waals surface area contributed by atoms with E-state index >= 15 is 0 Å². The third-order valence-corrected chi connectivity index (χ3v) is 6.28. The Bertz CT molecular complexity index is 969. The lowest BCUT2D eigenvalue weighted by Crippen LogP contribution is -2.39. The minimum atomic E-state index is -0.389. The fraction of sp³-hybridized carbons (Fsp3) is 0.458. The number of hydrogen-bond acceptors (Lipinski definition) is 5. The maximum Gasteiger partial charge on any atom is 0.255 e. The van der Waals surface area contributed by atoms with Gasteiger partial charge < -0.3 is 20.7 Å². The predicted octanol–water partition coefficient (Wildman–Crippen LogP) is 3.01. The number of carbonyl (C=O) groups excluding carboxylic acids is 2. The second-order valence-electron chi connectivity index (χ2n) is 8.44. The van der Waals surface area contributed by atoms with E-state index in [1.807, 2.05) is 11.0 Å². The largest absolute Gasteiger partial charge is 0.383 e. The van der Waals surface area contributed by atoms with Gasteiger partial charge in [0.15, 0.2) is 0 Å². The Kier molecular flexibility index (Phi) is 6.99. The first kappa shape index (κ1) is 22.2. The summed E-state index contributed by atoms with van der Waals surface area (Å²) in [5.41, 5.74) is 7.58. The van der Waals surface area contributed by atoms with Crippen molar-refractivity contribution in [3.63, 3.8) is 0 Å². The molecule has 2 saturated heterocycles. The molecule has 1 unspecified atom stereocenters. The van der Waals surface area contributed by atoms with E-state index < -0.39 is 0 Å². The van der Waals surface area contributed by atoms with Gasteiger partial charge in [-0.1, -0.05) is 18.2 Å². The van der Waals surface area contributed by atoms with E-state index in [2.05, 4.69) is 10.3 Å². The molecule has 3 N–H and O–H groups in total. The van der Waals surface area contributed by atoms with Crippen LogP contribution in [0.15, 0.2) is 36.4 Å². The highest BCUT2D eigenvalue weighted by molar-refractivity contribution is 5.98. The van der Waals surface area contributed by atoms with E-state index in [1.165, 1.54) is 6.07 Å². The number of halogens is 1. The van der Waals surface area contributed by atoms with Crippen LogP contribution < -0.4 is 11.1 Å². The van der Waals surface area contributed by atoms with Gasteiger partial charge in [-0.05, 0) is 43.9 Å². The third-order valence-electron chi connectivity index (χ3n) is 6.28. The fourth-order valence-electron chi connectivity index (χ4n) is 4.38. The van der Waals surface area contributed by atoms with Crippen molar-refractivity contribution in [1.82, 2.24) is 15.2 Å². The summed E-state index contributed by atoms with van der Waals surface area (Å²) in [6, 6.07) is 9.79. The number of aromatic nitrogens is 1. The number of benzene rings is 1. The molecule has 32 heavy (non-hydrogen) atoms. The van der Waals surface area contributed by atoms with E-state index in [4.69, 9.17) is 10.5 Å². The summed E-state index contributed by atoms with van der Waals surface area (Å²) in [5, 5.41) is 2.69. The van der Waals surface area contributed by atoms with Crippen molar-refractivity contribution >= 4 is 17.6 Å². The van der Waals surface area contributed by atoms with Crippen LogP contribution in [-0.2, 0) is 16.1 Å². The summed E-state index contributed by atoms with van der Waals surface area (Å²) in [7, 11) is 0. The fourth-order valence-corrected chi connectivity index (χ4v) is 4.38. The highest BCUT2D eigenvalue weighted by Crippen LogP contribution is 2.29. The number of anilines is 1. The lowest BCUT2D eigenvalue weighted by atomic mass is 9.92. The Labute approximate surface area is 187 Å². The molecule has 0 radical (unpaired) electrons. The van der Waals surface area contributed by atoms with Gasteiger partial charge in [0.25, 0.3) is 5.91 Å². The molecule has 2 aliphatic rings. The molecule has 0 aliphatic carbocycles. The van der Waals surface area contributed by atoms with Crippen LogP contribution in [0.1, 0.15) is 59.6 Å². The third kappa shape index (κ3) is 5.24. The summed E-state index contributed by atoms with van der Waals surface area (Å²) in [6.45, 7) is 2.20. The van der Waals surface area contributed by atoms with Gasteiger partial charge in [-0.25, -0.2) is 9.37 Å². The average Bonchev–Trinajstić information content (AvgIpc) is 3.31. The van der Waals surface area contributed by atoms with E-state index in [0.29, 0.717) is 25.1 Å². The summed E-state index contributed by atoms with van der Waals surface area (Å²) in [5.74, 6) is -0.246. The van der Waals surface area contributed by atoms with Gasteiger partial charge in [-0.3, -0.25) is 9.59 Å². The normalized spacial score (nSPS) is 19.2. The quantitative estimate of drug-likeness (QED) is 0.720. The minimum Gasteiger partial charge on any atom is -0.383 e. The standard InChI is InChI=1S/C24H29FN4O3/c25-20-6-2-1-4-17(20)15-27-24(31)19-7-8-21(28-23(19)26)16-9-11-29(12-10-16)22(30)14-18-5-3-13-32-18/h1-2,4,6-8,16,18H,3,5,9-15H2,(H2,26,28)(H,27,31). The molecule has 7 nitrogen and oxygen atoms in total. The van der Waals surface area contributed by atoms with Crippen molar-refractivity contribution < 1.29 is 18.7 Å². The van der Waals surface area contributed by atoms with Crippen molar-refractivity contribution in [1.29, 1.82) is 0 Å². The van der Waals surface area contributed by atoms with Crippen LogP contribution in [0.5, 0.6) is 0 Å². The van der Waals surface area contributed by atoms with Crippen molar-refractivity contribution in [2.75, 3.05) is 25.4 Å². The van der Waals surface area contributed by atoms with Gasteiger partial charge in [-0.2, -0.15) is 0 Å². The Hall–Kier alpha value is -3.00. The number of pyridine rings is 1. The molecule has 1 atom stereocenters. The topological polar surface area (TPSA) is 97.6 Å². The first-order valence-electron chi connectivity index (χ1n) is 11.2. The molecule has 2 amide bonds. The molecule has 4 rings (SSSR count). The Balaban J connectivity index is 1.30. The molecule has 170 valence electrons. The van der Waals surface area contributed by atoms with Gasteiger partial charge in [0, 0.05) is 43.4 Å². The predicted molar refractivity (Wildman–Crippen MR) is 118 cm³/mol. The summed E-state index contributed by atoms with van der Waals surface area (Å²) >= 11 is 0. The molecule has 1 aromatic carbocycles. The van der Waals surface area contributed by atoms with Crippen LogP contribution in [0.3, 0.4) is 0 Å². The van der Waals surface area contributed by atoms with E-state index in [-0.39, 0.29) is 47.6 Å². The molecular formula is C24H29FN4O3. The molecule has 0 bridgehead atoms. The number of ether oxygens (including phenoxy) is 1. The zero-order valence-electron chi connectivity index (χ0n) is 18.1. The van der Waals surface area contributed by atoms with Crippen molar-refractivity contribution in [2.45, 2.75) is 50.7 Å². The molecule has 2 aromatic rings. The Morgan fingerprint density at radius 2 is 1.94 bits per heavy atom. The second-order valence-corrected chi connectivity index (χ2v) is 8.44. The zero-order valence-corrected chi connectivity index (χ0v) is 18.1. The monoisotopic (exact) mass is 440 g/mol. The maximum atomic E-state index is 13.7. The zero-order chi connectivity index (χ0) is 22.5. The number of piperidine rings is 1. The number of nitrogens with zero attached hydrogens (tertiary/aromatic N) is 2. The van der Waals surface area contributed by atoms with Crippen LogP contribution in [0.2, 0.25) is 0 Å². The van der Waals surface area contributed by atoms with Crippen LogP contribution >= 0.6 is 0 Å². The lowest BCUT2D eigenvalue weighted by Gasteiger charge is -2.32. The van der Waals surface area contributed by atoms with Crippen LogP contribution in [-0.4, -0.2) is 47.5 Å². The molecule has 0 saturated carbocycles. The van der Waals surface area contributed by atoms with Gasteiger partial charge in [-0.15, -0.1) is 0 Å². The number of hydrogen-bond donors (Lipinski definition) is 2. The number of nitrogen functional groups attached to an aromatic ring is 1. The number of nitrogens with two attached hydrogens (primary N) is 1. The summed E-state index contributed by atoms with van der Waals surface area (Å²) in [4.78, 5) is 31.4. The van der Waals surface area contributed by atoms with Gasteiger partial charge in [0.05, 0.1) is 18.1 Å². The summed E-state index contributed by atoms with van der Waals surface area (Å²) < 4.78 is 19.3. The number of amides is 2. The lowest BCUT2D eigenvalue weighted by molar-refractivity contribution is -0.134. The molecule has 2 fully saturated rings.